The monoisotopic (exact) mass is 309 g/mol. The van der Waals surface area contributed by atoms with Gasteiger partial charge >= 0.3 is 0 Å². The Balaban J connectivity index is 2.24. The van der Waals surface area contributed by atoms with Crippen LogP contribution in [0.25, 0.3) is 21.9 Å². The van der Waals surface area contributed by atoms with Crippen molar-refractivity contribution in [3.05, 3.63) is 47.0 Å². The van der Waals surface area contributed by atoms with Crippen molar-refractivity contribution < 1.29 is 9.21 Å². The average Bonchev–Trinajstić information content (AvgIpc) is 3.18. The Kier molecular flexibility index (Phi) is 3.49. The fraction of sp³-hybridized carbons (Fsp3) is 0.0625. The van der Waals surface area contributed by atoms with E-state index in [1.54, 1.807) is 30.5 Å². The van der Waals surface area contributed by atoms with E-state index in [0.717, 1.165) is 10.4 Å². The number of carbonyl (C=O) groups excluding carboxylic acids is 1. The van der Waals surface area contributed by atoms with Gasteiger partial charge in [-0.25, -0.2) is 4.98 Å². The molecule has 0 saturated heterocycles. The number of aromatic nitrogens is 1. The molecule has 0 atom stereocenters. The molecule has 0 spiro atoms. The minimum absolute atomic E-state index is 0.000269. The zero-order valence-corrected chi connectivity index (χ0v) is 12.5. The van der Waals surface area contributed by atoms with Gasteiger partial charge in [-0.3, -0.25) is 4.79 Å². The minimum atomic E-state index is -0.000269. The van der Waals surface area contributed by atoms with Gasteiger partial charge in [0.15, 0.2) is 11.5 Å². The topological polar surface area (TPSA) is 92.9 Å². The van der Waals surface area contributed by atoms with E-state index in [4.69, 9.17) is 15.4 Å². The average molecular weight is 309 g/mol. The first kappa shape index (κ1) is 14.0. The molecule has 3 aromatic rings. The van der Waals surface area contributed by atoms with Gasteiger partial charge in [-0.15, -0.1) is 11.3 Å². The Hall–Kier alpha value is -2.91. The molecule has 5 nitrogen and oxygen atoms in total. The predicted octanol–water partition coefficient (Wildman–Crippen LogP) is 3.73. The Bertz CT molecular complexity index is 889. The molecule has 3 aromatic heterocycles. The van der Waals surface area contributed by atoms with Gasteiger partial charge in [-0.05, 0) is 37.3 Å². The summed E-state index contributed by atoms with van der Waals surface area (Å²) in [7, 11) is 0. The maximum Gasteiger partial charge on any atom is 0.169 e. The first-order valence-electron chi connectivity index (χ1n) is 6.46. The molecule has 0 fully saturated rings. The number of nitrogen functional groups attached to an aromatic ring is 1. The number of nitriles is 1. The van der Waals surface area contributed by atoms with E-state index in [2.05, 4.69) is 4.98 Å². The molecule has 6 heteroatoms. The van der Waals surface area contributed by atoms with E-state index in [9.17, 15) is 4.79 Å². The number of hydrogen-bond acceptors (Lipinski definition) is 6. The lowest BCUT2D eigenvalue weighted by Gasteiger charge is -2.07. The maximum absolute atomic E-state index is 11.5. The molecule has 22 heavy (non-hydrogen) atoms. The molecule has 3 heterocycles. The highest BCUT2D eigenvalue weighted by Gasteiger charge is 2.17. The number of carbonyl (C=O) groups is 1. The van der Waals surface area contributed by atoms with Crippen molar-refractivity contribution in [2.75, 3.05) is 5.73 Å². The summed E-state index contributed by atoms with van der Waals surface area (Å²) in [5.41, 5.74) is 7.38. The Morgan fingerprint density at radius 2 is 2.23 bits per heavy atom. The molecule has 0 amide bonds. The number of hydrogen-bond donors (Lipinski definition) is 1. The van der Waals surface area contributed by atoms with Gasteiger partial charge in [-0.1, -0.05) is 0 Å². The maximum atomic E-state index is 11.5. The lowest BCUT2D eigenvalue weighted by molar-refractivity contribution is 0.102. The third kappa shape index (κ3) is 2.38. The molecule has 0 saturated carbocycles. The number of nitrogens with two attached hydrogens (primary N) is 1. The van der Waals surface area contributed by atoms with Gasteiger partial charge in [0.2, 0.25) is 0 Å². The van der Waals surface area contributed by atoms with Gasteiger partial charge in [0.1, 0.15) is 17.6 Å². The van der Waals surface area contributed by atoms with E-state index >= 15 is 0 Å². The smallest absolute Gasteiger partial charge is 0.169 e. The van der Waals surface area contributed by atoms with Crippen molar-refractivity contribution in [3.8, 4) is 28.0 Å². The zero-order chi connectivity index (χ0) is 15.7. The number of ketones is 1. The van der Waals surface area contributed by atoms with E-state index in [-0.39, 0.29) is 11.6 Å². The predicted molar refractivity (Wildman–Crippen MR) is 84.4 cm³/mol. The fourth-order valence-electron chi connectivity index (χ4n) is 2.08. The second-order valence-electron chi connectivity index (χ2n) is 4.63. The quantitative estimate of drug-likeness (QED) is 0.744. The third-order valence-corrected chi connectivity index (χ3v) is 4.36. The molecule has 108 valence electrons. The van der Waals surface area contributed by atoms with Crippen LogP contribution in [0.15, 0.2) is 41.0 Å². The third-order valence-electron chi connectivity index (χ3n) is 3.15. The summed E-state index contributed by atoms with van der Waals surface area (Å²) in [6.07, 6.45) is 1.55. The van der Waals surface area contributed by atoms with Crippen LogP contribution in [0.1, 0.15) is 22.2 Å². The Morgan fingerprint density at radius 1 is 1.41 bits per heavy atom. The molecule has 0 radical (unpaired) electrons. The molecular weight excluding hydrogens is 298 g/mol. The summed E-state index contributed by atoms with van der Waals surface area (Å²) in [5, 5.41) is 9.16. The van der Waals surface area contributed by atoms with Crippen LogP contribution in [-0.2, 0) is 0 Å². The van der Waals surface area contributed by atoms with Crippen molar-refractivity contribution in [2.45, 2.75) is 6.92 Å². The second-order valence-corrected chi connectivity index (χ2v) is 5.71. The zero-order valence-electron chi connectivity index (χ0n) is 11.7. The summed E-state index contributed by atoms with van der Waals surface area (Å²) in [4.78, 5) is 17.3. The summed E-state index contributed by atoms with van der Waals surface area (Å²) >= 11 is 1.35. The van der Waals surface area contributed by atoms with Crippen LogP contribution in [0.3, 0.4) is 0 Å². The largest absolute Gasteiger partial charge is 0.463 e. The molecule has 0 aliphatic carbocycles. The van der Waals surface area contributed by atoms with E-state index in [1.807, 2.05) is 12.1 Å². The summed E-state index contributed by atoms with van der Waals surface area (Å²) in [5.74, 6) is 0.713. The van der Waals surface area contributed by atoms with E-state index < -0.39 is 0 Å². The van der Waals surface area contributed by atoms with Crippen molar-refractivity contribution in [1.82, 2.24) is 4.98 Å². The number of rotatable bonds is 3. The van der Waals surface area contributed by atoms with Gasteiger partial charge in [0, 0.05) is 10.4 Å². The molecule has 0 unspecified atom stereocenters. The van der Waals surface area contributed by atoms with Crippen molar-refractivity contribution in [1.29, 1.82) is 5.26 Å². The lowest BCUT2D eigenvalue weighted by atomic mass is 10.1. The second kappa shape index (κ2) is 5.47. The highest BCUT2D eigenvalue weighted by molar-refractivity contribution is 7.17. The highest BCUT2D eigenvalue weighted by Crippen LogP contribution is 2.37. The number of pyridine rings is 1. The Morgan fingerprint density at radius 3 is 2.82 bits per heavy atom. The van der Waals surface area contributed by atoms with Crippen molar-refractivity contribution in [2.24, 2.45) is 0 Å². The molecule has 0 aliphatic heterocycles. The Labute approximate surface area is 130 Å². The number of Topliss-reactive ketones (excluding diaryl/α,β-unsaturated/α-hetero) is 1. The highest BCUT2D eigenvalue weighted by atomic mass is 32.1. The molecule has 0 aliphatic rings. The van der Waals surface area contributed by atoms with E-state index in [1.165, 1.54) is 18.3 Å². The molecular formula is C16H11N3O2S. The van der Waals surface area contributed by atoms with Gasteiger partial charge < -0.3 is 10.2 Å². The van der Waals surface area contributed by atoms with Crippen LogP contribution in [0.4, 0.5) is 5.82 Å². The molecule has 3 rings (SSSR count). The van der Waals surface area contributed by atoms with Crippen molar-refractivity contribution in [3.63, 3.8) is 0 Å². The van der Waals surface area contributed by atoms with Crippen LogP contribution in [-0.4, -0.2) is 10.8 Å². The summed E-state index contributed by atoms with van der Waals surface area (Å²) < 4.78 is 5.40. The number of thiophene rings is 1. The lowest BCUT2D eigenvalue weighted by Crippen LogP contribution is -1.98. The fourth-order valence-corrected chi connectivity index (χ4v) is 3.00. The van der Waals surface area contributed by atoms with Crippen LogP contribution in [0.2, 0.25) is 0 Å². The van der Waals surface area contributed by atoms with Crippen LogP contribution in [0.5, 0.6) is 0 Å². The van der Waals surface area contributed by atoms with Gasteiger partial charge in [0.05, 0.1) is 16.7 Å². The van der Waals surface area contributed by atoms with Crippen molar-refractivity contribution >= 4 is 22.9 Å². The number of furan rings is 1. The van der Waals surface area contributed by atoms with Crippen LogP contribution < -0.4 is 5.73 Å². The van der Waals surface area contributed by atoms with Gasteiger partial charge in [0.25, 0.3) is 0 Å². The van der Waals surface area contributed by atoms with E-state index in [0.29, 0.717) is 21.9 Å². The number of nitrogens with zero attached hydrogens (tertiary/aromatic N) is 2. The SMILES string of the molecule is CC(=O)c1ccc(-c2cc(C#N)c(N)nc2-c2ccco2)s1. The van der Waals surface area contributed by atoms with Crippen LogP contribution >= 0.6 is 11.3 Å². The normalized spacial score (nSPS) is 10.4. The molecule has 0 aromatic carbocycles. The first-order valence-corrected chi connectivity index (χ1v) is 7.27. The molecule has 2 N–H and O–H groups in total. The minimum Gasteiger partial charge on any atom is -0.463 e. The summed E-state index contributed by atoms with van der Waals surface area (Å²) in [6, 6.07) is 10.8. The van der Waals surface area contributed by atoms with Gasteiger partial charge in [-0.2, -0.15) is 5.26 Å². The standard InChI is InChI=1S/C16H11N3O2S/c1-9(20)13-4-5-14(22-13)11-7-10(8-17)16(18)19-15(11)12-3-2-6-21-12/h2-7H,1H3,(H2,18,19). The van der Waals surface area contributed by atoms with Crippen LogP contribution in [0, 0.1) is 11.3 Å². The molecule has 0 bridgehead atoms. The summed E-state index contributed by atoms with van der Waals surface area (Å²) in [6.45, 7) is 1.52. The number of anilines is 1. The first-order chi connectivity index (χ1) is 10.6.